The highest BCUT2D eigenvalue weighted by atomic mass is 19.1. The van der Waals surface area contributed by atoms with Crippen molar-refractivity contribution in [1.82, 2.24) is 29.7 Å². The Balaban J connectivity index is 1.15. The van der Waals surface area contributed by atoms with Crippen LogP contribution in [0.15, 0.2) is 12.3 Å². The van der Waals surface area contributed by atoms with Crippen molar-refractivity contribution in [1.29, 1.82) is 0 Å². The summed E-state index contributed by atoms with van der Waals surface area (Å²) >= 11 is 0. The van der Waals surface area contributed by atoms with Crippen LogP contribution in [0.4, 0.5) is 15.0 Å². The standard InChI is InChI=1S/C27H38FN7O4/c1-17(2)21-15-30-35-22(31-18-5-10-33(11-6-18)26(37)39-20-13-29-14-20)12-23(32-24(21)35)38-19-4-3-9-34(16-19)25(36)27(28)7-8-27/h12,15,17-20,29,31H,3-11,13-14,16H2,1-2H3/t19-/m1/s1. The molecular formula is C27H38FN7O4. The lowest BCUT2D eigenvalue weighted by atomic mass is 10.1. The number of hydrogen-bond donors (Lipinski definition) is 2. The van der Waals surface area contributed by atoms with Crippen molar-refractivity contribution >= 4 is 23.5 Å². The van der Waals surface area contributed by atoms with Gasteiger partial charge in [-0.15, -0.1) is 0 Å². The molecule has 0 bridgehead atoms. The van der Waals surface area contributed by atoms with Crippen molar-refractivity contribution in [3.05, 3.63) is 17.8 Å². The number of ether oxygens (including phenoxy) is 2. The lowest BCUT2D eigenvalue weighted by Gasteiger charge is -2.35. The van der Waals surface area contributed by atoms with Crippen molar-refractivity contribution in [2.24, 2.45) is 0 Å². The van der Waals surface area contributed by atoms with Gasteiger partial charge in [-0.1, -0.05) is 13.8 Å². The summed E-state index contributed by atoms with van der Waals surface area (Å²) in [6, 6.07) is 2.00. The number of carbonyl (C=O) groups is 2. The highest BCUT2D eigenvalue weighted by Crippen LogP contribution is 2.42. The first-order valence-corrected chi connectivity index (χ1v) is 14.3. The number of nitrogens with one attached hydrogen (secondary N) is 2. The van der Waals surface area contributed by atoms with E-state index in [0.717, 1.165) is 55.8 Å². The quantitative estimate of drug-likeness (QED) is 0.548. The normalized spacial score (nSPS) is 23.5. The molecule has 1 aliphatic carbocycles. The summed E-state index contributed by atoms with van der Waals surface area (Å²) in [4.78, 5) is 33.2. The second-order valence-corrected chi connectivity index (χ2v) is 11.6. The molecule has 1 saturated carbocycles. The number of fused-ring (bicyclic) bond motifs is 1. The highest BCUT2D eigenvalue weighted by Gasteiger charge is 2.53. The molecule has 6 rings (SSSR count). The topological polar surface area (TPSA) is 113 Å². The van der Waals surface area contributed by atoms with Gasteiger partial charge in [0.15, 0.2) is 11.3 Å². The summed E-state index contributed by atoms with van der Waals surface area (Å²) < 4.78 is 28.1. The fourth-order valence-electron chi connectivity index (χ4n) is 5.50. The molecule has 4 fully saturated rings. The van der Waals surface area contributed by atoms with Crippen molar-refractivity contribution in [2.45, 2.75) is 82.2 Å². The summed E-state index contributed by atoms with van der Waals surface area (Å²) in [5, 5.41) is 11.3. The third kappa shape index (κ3) is 5.48. The van der Waals surface area contributed by atoms with E-state index in [1.165, 1.54) is 0 Å². The van der Waals surface area contributed by atoms with Crippen LogP contribution in [-0.2, 0) is 9.53 Å². The summed E-state index contributed by atoms with van der Waals surface area (Å²) in [5.74, 6) is 1.05. The molecule has 0 aromatic carbocycles. The zero-order valence-corrected chi connectivity index (χ0v) is 22.7. The van der Waals surface area contributed by atoms with E-state index in [1.54, 1.807) is 9.80 Å². The molecule has 0 unspecified atom stereocenters. The second-order valence-electron chi connectivity index (χ2n) is 11.6. The van der Waals surface area contributed by atoms with Gasteiger partial charge in [0, 0.05) is 50.4 Å². The Hall–Kier alpha value is -3.15. The molecule has 2 aromatic heterocycles. The van der Waals surface area contributed by atoms with E-state index < -0.39 is 11.6 Å². The van der Waals surface area contributed by atoms with Crippen LogP contribution in [0.25, 0.3) is 5.65 Å². The van der Waals surface area contributed by atoms with E-state index in [4.69, 9.17) is 14.5 Å². The largest absolute Gasteiger partial charge is 0.472 e. The van der Waals surface area contributed by atoms with Crippen LogP contribution in [0.1, 0.15) is 63.9 Å². The zero-order valence-electron chi connectivity index (χ0n) is 22.7. The lowest BCUT2D eigenvalue weighted by molar-refractivity contribution is -0.140. The van der Waals surface area contributed by atoms with Crippen LogP contribution >= 0.6 is 0 Å². The highest BCUT2D eigenvalue weighted by molar-refractivity contribution is 5.88. The number of halogens is 1. The molecule has 4 aliphatic rings. The Bertz CT molecular complexity index is 1220. The van der Waals surface area contributed by atoms with Crippen molar-refractivity contribution in [3.8, 4) is 5.88 Å². The van der Waals surface area contributed by atoms with E-state index in [-0.39, 0.29) is 30.3 Å². The molecule has 2 amide bonds. The maximum atomic E-state index is 14.4. The van der Waals surface area contributed by atoms with Gasteiger partial charge in [0.25, 0.3) is 5.91 Å². The predicted molar refractivity (Wildman–Crippen MR) is 142 cm³/mol. The van der Waals surface area contributed by atoms with Gasteiger partial charge >= 0.3 is 6.09 Å². The first-order valence-electron chi connectivity index (χ1n) is 14.3. The van der Waals surface area contributed by atoms with E-state index >= 15 is 0 Å². The molecule has 11 nitrogen and oxygen atoms in total. The van der Waals surface area contributed by atoms with Crippen LogP contribution in [-0.4, -0.2) is 99.6 Å². The Morgan fingerprint density at radius 3 is 2.56 bits per heavy atom. The van der Waals surface area contributed by atoms with Crippen LogP contribution in [0, 0.1) is 0 Å². The molecule has 0 spiro atoms. The lowest BCUT2D eigenvalue weighted by Crippen LogP contribution is -2.52. The summed E-state index contributed by atoms with van der Waals surface area (Å²) in [6.07, 6.45) is 5.07. The number of hydrogen-bond acceptors (Lipinski definition) is 8. The van der Waals surface area contributed by atoms with Crippen LogP contribution in [0.5, 0.6) is 5.88 Å². The minimum absolute atomic E-state index is 0.0204. The van der Waals surface area contributed by atoms with Gasteiger partial charge in [0.05, 0.1) is 12.7 Å². The van der Waals surface area contributed by atoms with Gasteiger partial charge < -0.3 is 29.9 Å². The second kappa shape index (κ2) is 10.4. The molecule has 3 aliphatic heterocycles. The van der Waals surface area contributed by atoms with Gasteiger partial charge in [-0.05, 0) is 44.4 Å². The van der Waals surface area contributed by atoms with E-state index in [9.17, 15) is 14.0 Å². The van der Waals surface area contributed by atoms with Crippen LogP contribution < -0.4 is 15.4 Å². The summed E-state index contributed by atoms with van der Waals surface area (Å²) in [7, 11) is 0. The Labute approximate surface area is 227 Å². The van der Waals surface area contributed by atoms with E-state index in [2.05, 4.69) is 29.6 Å². The van der Waals surface area contributed by atoms with Crippen molar-refractivity contribution in [2.75, 3.05) is 44.6 Å². The minimum Gasteiger partial charge on any atom is -0.472 e. The first-order chi connectivity index (χ1) is 18.8. The molecule has 212 valence electrons. The molecule has 2 N–H and O–H groups in total. The fourth-order valence-corrected chi connectivity index (χ4v) is 5.50. The predicted octanol–water partition coefficient (Wildman–Crippen LogP) is 2.71. The van der Waals surface area contributed by atoms with Crippen molar-refractivity contribution < 1.29 is 23.5 Å². The van der Waals surface area contributed by atoms with Gasteiger partial charge in [0.2, 0.25) is 5.88 Å². The number of piperidine rings is 2. The van der Waals surface area contributed by atoms with E-state index in [0.29, 0.717) is 44.9 Å². The number of likely N-dealkylation sites (tertiary alicyclic amines) is 2. The SMILES string of the molecule is CC(C)c1cnn2c(NC3CCN(C(=O)OC4CNC4)CC3)cc(O[C@@H]3CCCN(C(=O)C4(F)CC4)C3)nc12. The monoisotopic (exact) mass is 543 g/mol. The number of rotatable bonds is 7. The number of alkyl halides is 1. The van der Waals surface area contributed by atoms with Gasteiger partial charge in [-0.3, -0.25) is 4.79 Å². The molecule has 1 atom stereocenters. The zero-order chi connectivity index (χ0) is 27.1. The minimum atomic E-state index is -1.67. The number of amides is 2. The third-order valence-electron chi connectivity index (χ3n) is 8.24. The molecule has 3 saturated heterocycles. The average Bonchev–Trinajstić information content (AvgIpc) is 3.50. The summed E-state index contributed by atoms with van der Waals surface area (Å²) in [6.45, 7) is 7.81. The number of anilines is 1. The van der Waals surface area contributed by atoms with Crippen molar-refractivity contribution in [3.63, 3.8) is 0 Å². The molecule has 39 heavy (non-hydrogen) atoms. The Morgan fingerprint density at radius 1 is 1.13 bits per heavy atom. The maximum absolute atomic E-state index is 14.4. The molecular weight excluding hydrogens is 505 g/mol. The molecule has 0 radical (unpaired) electrons. The van der Waals surface area contributed by atoms with Gasteiger partial charge in [-0.2, -0.15) is 14.6 Å². The van der Waals surface area contributed by atoms with Gasteiger partial charge in [0.1, 0.15) is 18.0 Å². The molecule has 12 heteroatoms. The van der Waals surface area contributed by atoms with E-state index in [1.807, 2.05) is 16.8 Å². The molecule has 2 aromatic rings. The third-order valence-corrected chi connectivity index (χ3v) is 8.24. The number of nitrogens with zero attached hydrogens (tertiary/aromatic N) is 5. The number of aromatic nitrogens is 3. The molecule has 5 heterocycles. The summed E-state index contributed by atoms with van der Waals surface area (Å²) in [5.41, 5.74) is 0.0744. The van der Waals surface area contributed by atoms with Gasteiger partial charge in [-0.25, -0.2) is 9.18 Å². The Kier molecular flexibility index (Phi) is 6.98. The fraction of sp³-hybridized carbons (Fsp3) is 0.704. The van der Waals surface area contributed by atoms with Crippen LogP contribution in [0.2, 0.25) is 0 Å². The Morgan fingerprint density at radius 2 is 1.90 bits per heavy atom. The number of carbonyl (C=O) groups excluding carboxylic acids is 2. The first kappa shape index (κ1) is 26.1. The maximum Gasteiger partial charge on any atom is 0.410 e. The van der Waals surface area contributed by atoms with Crippen LogP contribution in [0.3, 0.4) is 0 Å². The smallest absolute Gasteiger partial charge is 0.410 e. The average molecular weight is 544 g/mol.